The van der Waals surface area contributed by atoms with Gasteiger partial charge >= 0.3 is 0 Å². The fourth-order valence-corrected chi connectivity index (χ4v) is 3.21. The number of rotatable bonds is 6. The lowest BCUT2D eigenvalue weighted by molar-refractivity contribution is -0.0113. The molecule has 3 rings (SSSR count). The molecular weight excluding hydrogens is 306 g/mol. The zero-order valence-corrected chi connectivity index (χ0v) is 14.6. The van der Waals surface area contributed by atoms with E-state index in [1.165, 1.54) is 0 Å². The largest absolute Gasteiger partial charge is 0.496 e. The zero-order chi connectivity index (χ0) is 16.9. The average Bonchev–Trinajstić information content (AvgIpc) is 3.06. The van der Waals surface area contributed by atoms with Gasteiger partial charge in [0, 0.05) is 25.7 Å². The van der Waals surface area contributed by atoms with Gasteiger partial charge < -0.3 is 9.47 Å². The van der Waals surface area contributed by atoms with E-state index in [0.29, 0.717) is 6.61 Å². The lowest BCUT2D eigenvalue weighted by Gasteiger charge is -2.35. The fraction of sp³-hybridized carbons (Fsp3) is 0.588. The normalized spacial score (nSPS) is 17.8. The number of hydrogen-bond donors (Lipinski definition) is 0. The maximum absolute atomic E-state index is 6.10. The monoisotopic (exact) mass is 331 g/mol. The van der Waals surface area contributed by atoms with E-state index in [0.717, 1.165) is 43.1 Å². The van der Waals surface area contributed by atoms with Crippen molar-refractivity contribution in [3.8, 4) is 5.75 Å². The van der Waals surface area contributed by atoms with Crippen LogP contribution >= 0.6 is 0 Å². The number of nitrogens with zero attached hydrogens (tertiary/aromatic N) is 5. The van der Waals surface area contributed by atoms with Gasteiger partial charge in [-0.3, -0.25) is 4.90 Å². The van der Waals surface area contributed by atoms with Gasteiger partial charge in [-0.05, 0) is 36.3 Å². The SMILES string of the molecule is COc1ccccc1COC1CCN([C@H](C)c2nnnn2C)CC1. The number of likely N-dealkylation sites (tertiary alicyclic amines) is 1. The predicted octanol–water partition coefficient (Wildman–Crippen LogP) is 1.96. The summed E-state index contributed by atoms with van der Waals surface area (Å²) in [5, 5.41) is 11.8. The Morgan fingerprint density at radius 3 is 2.67 bits per heavy atom. The van der Waals surface area contributed by atoms with E-state index in [-0.39, 0.29) is 12.1 Å². The molecule has 1 aliphatic heterocycles. The molecule has 0 N–H and O–H groups in total. The average molecular weight is 331 g/mol. The molecule has 0 saturated carbocycles. The summed E-state index contributed by atoms with van der Waals surface area (Å²) in [7, 11) is 3.58. The summed E-state index contributed by atoms with van der Waals surface area (Å²) in [6.07, 6.45) is 2.33. The highest BCUT2D eigenvalue weighted by Gasteiger charge is 2.26. The van der Waals surface area contributed by atoms with Gasteiger partial charge in [0.2, 0.25) is 0 Å². The predicted molar refractivity (Wildman–Crippen MR) is 89.6 cm³/mol. The van der Waals surface area contributed by atoms with Crippen LogP contribution in [0.15, 0.2) is 24.3 Å². The highest BCUT2D eigenvalue weighted by Crippen LogP contribution is 2.25. The van der Waals surface area contributed by atoms with Crippen LogP contribution in [0.1, 0.15) is 37.2 Å². The van der Waals surface area contributed by atoms with Crippen molar-refractivity contribution in [3.05, 3.63) is 35.7 Å². The van der Waals surface area contributed by atoms with E-state index in [1.54, 1.807) is 11.8 Å². The van der Waals surface area contributed by atoms with E-state index in [2.05, 4.69) is 33.4 Å². The van der Waals surface area contributed by atoms with Crippen LogP contribution in [0.3, 0.4) is 0 Å². The van der Waals surface area contributed by atoms with Gasteiger partial charge in [0.1, 0.15) is 5.75 Å². The van der Waals surface area contributed by atoms with Crippen molar-refractivity contribution >= 4 is 0 Å². The molecule has 24 heavy (non-hydrogen) atoms. The third kappa shape index (κ3) is 3.73. The standard InChI is InChI=1S/C17H25N5O2/c1-13(17-18-19-20-21(17)2)22-10-8-15(9-11-22)24-12-14-6-4-5-7-16(14)23-3/h4-7,13,15H,8-12H2,1-3H3/t13-/m1/s1. The van der Waals surface area contributed by atoms with E-state index in [9.17, 15) is 0 Å². The molecule has 1 aliphatic rings. The molecule has 0 amide bonds. The number of ether oxygens (including phenoxy) is 2. The molecule has 7 nitrogen and oxygen atoms in total. The van der Waals surface area contributed by atoms with Crippen LogP contribution in [0, 0.1) is 0 Å². The number of para-hydroxylation sites is 1. The minimum atomic E-state index is 0.222. The number of piperidine rings is 1. The van der Waals surface area contributed by atoms with Gasteiger partial charge in [0.15, 0.2) is 5.82 Å². The molecule has 0 aliphatic carbocycles. The maximum atomic E-state index is 6.10. The van der Waals surface area contributed by atoms with E-state index in [4.69, 9.17) is 9.47 Å². The Morgan fingerprint density at radius 2 is 2.00 bits per heavy atom. The summed E-state index contributed by atoms with van der Waals surface area (Å²) in [4.78, 5) is 2.41. The number of methoxy groups -OCH3 is 1. The minimum Gasteiger partial charge on any atom is -0.496 e. The lowest BCUT2D eigenvalue weighted by atomic mass is 10.1. The van der Waals surface area contributed by atoms with Gasteiger partial charge in [0.05, 0.1) is 25.9 Å². The van der Waals surface area contributed by atoms with Crippen molar-refractivity contribution in [2.45, 2.75) is 38.5 Å². The van der Waals surface area contributed by atoms with Crippen molar-refractivity contribution in [2.24, 2.45) is 7.05 Å². The molecule has 1 atom stereocenters. The number of tetrazole rings is 1. The quantitative estimate of drug-likeness (QED) is 0.806. The molecule has 2 aromatic rings. The summed E-state index contributed by atoms with van der Waals surface area (Å²) in [5.74, 6) is 1.79. The third-order valence-electron chi connectivity index (χ3n) is 4.72. The van der Waals surface area contributed by atoms with Crippen molar-refractivity contribution in [3.63, 3.8) is 0 Å². The topological polar surface area (TPSA) is 65.3 Å². The molecule has 7 heteroatoms. The first-order chi connectivity index (χ1) is 11.7. The summed E-state index contributed by atoms with van der Waals surface area (Å²) in [6, 6.07) is 8.24. The zero-order valence-electron chi connectivity index (χ0n) is 14.6. The van der Waals surface area contributed by atoms with Crippen LogP contribution in [0.25, 0.3) is 0 Å². The van der Waals surface area contributed by atoms with Gasteiger partial charge in [-0.25, -0.2) is 4.68 Å². The second kappa shape index (κ2) is 7.72. The third-order valence-corrected chi connectivity index (χ3v) is 4.72. The molecule has 0 unspecified atom stereocenters. The molecule has 0 bridgehead atoms. The Morgan fingerprint density at radius 1 is 1.25 bits per heavy atom. The van der Waals surface area contributed by atoms with Gasteiger partial charge in [-0.1, -0.05) is 18.2 Å². The molecule has 1 aromatic heterocycles. The van der Waals surface area contributed by atoms with E-state index >= 15 is 0 Å². The van der Waals surface area contributed by atoms with E-state index < -0.39 is 0 Å². The molecule has 1 fully saturated rings. The van der Waals surface area contributed by atoms with Crippen LogP contribution in [-0.2, 0) is 18.4 Å². The Hall–Kier alpha value is -1.99. The van der Waals surface area contributed by atoms with Gasteiger partial charge in [-0.15, -0.1) is 5.10 Å². The highest BCUT2D eigenvalue weighted by molar-refractivity contribution is 5.32. The summed E-state index contributed by atoms with van der Waals surface area (Å²) in [5.41, 5.74) is 1.10. The van der Waals surface area contributed by atoms with Crippen molar-refractivity contribution < 1.29 is 9.47 Å². The van der Waals surface area contributed by atoms with Crippen molar-refractivity contribution in [1.82, 2.24) is 25.1 Å². The fourth-order valence-electron chi connectivity index (χ4n) is 3.21. The maximum Gasteiger partial charge on any atom is 0.167 e. The summed E-state index contributed by atoms with van der Waals surface area (Å²) < 4.78 is 13.2. The minimum absolute atomic E-state index is 0.222. The summed E-state index contributed by atoms with van der Waals surface area (Å²) in [6.45, 7) is 4.73. The Balaban J connectivity index is 1.49. The van der Waals surface area contributed by atoms with Gasteiger partial charge in [-0.2, -0.15) is 0 Å². The lowest BCUT2D eigenvalue weighted by Crippen LogP contribution is -2.39. The number of aromatic nitrogens is 4. The Kier molecular flexibility index (Phi) is 5.42. The first-order valence-corrected chi connectivity index (χ1v) is 8.39. The van der Waals surface area contributed by atoms with Gasteiger partial charge in [0.25, 0.3) is 0 Å². The van der Waals surface area contributed by atoms with Crippen LogP contribution < -0.4 is 4.74 Å². The van der Waals surface area contributed by atoms with E-state index in [1.807, 2.05) is 25.2 Å². The first kappa shape index (κ1) is 16.9. The molecule has 0 radical (unpaired) electrons. The van der Waals surface area contributed by atoms with Crippen LogP contribution in [0.5, 0.6) is 5.75 Å². The van der Waals surface area contributed by atoms with Crippen LogP contribution in [0.2, 0.25) is 0 Å². The second-order valence-electron chi connectivity index (χ2n) is 6.19. The number of hydrogen-bond acceptors (Lipinski definition) is 6. The molecule has 1 aromatic carbocycles. The highest BCUT2D eigenvalue weighted by atomic mass is 16.5. The van der Waals surface area contributed by atoms with Crippen molar-refractivity contribution in [2.75, 3.05) is 20.2 Å². The van der Waals surface area contributed by atoms with Crippen molar-refractivity contribution in [1.29, 1.82) is 0 Å². The second-order valence-corrected chi connectivity index (χ2v) is 6.19. The molecule has 0 spiro atoms. The molecule has 1 saturated heterocycles. The summed E-state index contributed by atoms with van der Waals surface area (Å²) >= 11 is 0. The molecule has 130 valence electrons. The molecular formula is C17H25N5O2. The van der Waals surface area contributed by atoms with Crippen LogP contribution in [0.4, 0.5) is 0 Å². The Bertz CT molecular complexity index is 652. The van der Waals surface area contributed by atoms with Crippen LogP contribution in [-0.4, -0.2) is 51.4 Å². The Labute approximate surface area is 142 Å². The number of aryl methyl sites for hydroxylation is 1. The first-order valence-electron chi connectivity index (χ1n) is 8.39. The molecule has 2 heterocycles. The number of benzene rings is 1. The smallest absolute Gasteiger partial charge is 0.167 e.